The van der Waals surface area contributed by atoms with Crippen molar-refractivity contribution in [3.8, 4) is 11.3 Å². The lowest BCUT2D eigenvalue weighted by Crippen LogP contribution is -2.30. The predicted molar refractivity (Wildman–Crippen MR) is 147 cm³/mol. The van der Waals surface area contributed by atoms with Crippen molar-refractivity contribution in [3.05, 3.63) is 81.7 Å². The van der Waals surface area contributed by atoms with Gasteiger partial charge in [-0.3, -0.25) is 9.69 Å². The topological polar surface area (TPSA) is 36.4 Å². The van der Waals surface area contributed by atoms with Gasteiger partial charge in [-0.05, 0) is 18.4 Å². The highest BCUT2D eigenvalue weighted by Crippen LogP contribution is 2.31. The number of carbonyl (C=O) groups excluding carboxylic acids is 1. The lowest BCUT2D eigenvalue weighted by Gasteiger charge is -2.28. The van der Waals surface area contributed by atoms with Gasteiger partial charge in [-0.1, -0.05) is 100 Å². The molecule has 0 spiro atoms. The molecule has 0 N–H and O–H groups in total. The van der Waals surface area contributed by atoms with E-state index in [2.05, 4.69) is 53.4 Å². The molecule has 4 rings (SSSR count). The molecular weight excluding hydrogens is 438 g/mol. The summed E-state index contributed by atoms with van der Waals surface area (Å²) in [6.45, 7) is 10.9. The lowest BCUT2D eigenvalue weighted by molar-refractivity contribution is 0.0827. The number of rotatable bonds is 5. The zero-order chi connectivity index (χ0) is 24.9. The van der Waals surface area contributed by atoms with E-state index in [1.54, 1.807) is 19.0 Å². The van der Waals surface area contributed by atoms with E-state index in [1.165, 1.54) is 27.4 Å². The zero-order valence-corrected chi connectivity index (χ0v) is 22.4. The first-order chi connectivity index (χ1) is 16.6. The molecule has 0 bridgehead atoms. The maximum atomic E-state index is 12.5. The number of amides is 1. The standard InChI is InChI=1S/C25H27N3OS.2C2H6/c1-27(2)25(29)24-26-23(21-11-7-4-8-12-21)22(30-24)18-28-15-13-20(14-16-28)17-19-9-5-3-6-10-19;2*1-2/h3-12,17H,13-16,18H2,1-2H3;2*1-2H3. The van der Waals surface area contributed by atoms with Crippen molar-refractivity contribution in [1.82, 2.24) is 14.8 Å². The van der Waals surface area contributed by atoms with Crippen molar-refractivity contribution in [2.24, 2.45) is 0 Å². The van der Waals surface area contributed by atoms with Crippen molar-refractivity contribution in [1.29, 1.82) is 0 Å². The molecule has 1 aromatic heterocycles. The molecule has 1 aliphatic rings. The third-order valence-electron chi connectivity index (χ3n) is 5.37. The summed E-state index contributed by atoms with van der Waals surface area (Å²) in [5, 5.41) is 0.565. The molecule has 34 heavy (non-hydrogen) atoms. The highest BCUT2D eigenvalue weighted by atomic mass is 32.1. The highest BCUT2D eigenvalue weighted by molar-refractivity contribution is 7.14. The normalized spacial score (nSPS) is 13.2. The van der Waals surface area contributed by atoms with Crippen LogP contribution in [-0.2, 0) is 6.54 Å². The Kier molecular flexibility index (Phi) is 11.7. The van der Waals surface area contributed by atoms with Gasteiger partial charge in [-0.2, -0.15) is 0 Å². The van der Waals surface area contributed by atoms with E-state index in [1.807, 2.05) is 45.9 Å². The average molecular weight is 478 g/mol. The van der Waals surface area contributed by atoms with Gasteiger partial charge in [-0.15, -0.1) is 11.3 Å². The maximum Gasteiger partial charge on any atom is 0.282 e. The number of hydrogen-bond acceptors (Lipinski definition) is 4. The minimum absolute atomic E-state index is 0.0323. The molecule has 1 amide bonds. The van der Waals surface area contributed by atoms with Crippen LogP contribution in [0.25, 0.3) is 17.3 Å². The fourth-order valence-electron chi connectivity index (χ4n) is 3.69. The number of hydrogen-bond donors (Lipinski definition) is 0. The number of likely N-dealkylation sites (tertiary alicyclic amines) is 1. The number of aromatic nitrogens is 1. The van der Waals surface area contributed by atoms with Crippen LogP contribution < -0.4 is 0 Å². The molecule has 1 fully saturated rings. The van der Waals surface area contributed by atoms with Gasteiger partial charge in [0.25, 0.3) is 5.91 Å². The van der Waals surface area contributed by atoms with E-state index in [0.717, 1.165) is 43.7 Å². The zero-order valence-electron chi connectivity index (χ0n) is 21.5. The summed E-state index contributed by atoms with van der Waals surface area (Å²) in [6.07, 6.45) is 4.49. The summed E-state index contributed by atoms with van der Waals surface area (Å²) in [5.41, 5.74) is 4.80. The van der Waals surface area contributed by atoms with E-state index >= 15 is 0 Å². The summed E-state index contributed by atoms with van der Waals surface area (Å²) in [6, 6.07) is 20.7. The molecule has 2 heterocycles. The minimum atomic E-state index is -0.0323. The van der Waals surface area contributed by atoms with Crippen LogP contribution in [0.1, 0.15) is 60.8 Å². The van der Waals surface area contributed by atoms with Crippen LogP contribution in [0.3, 0.4) is 0 Å². The van der Waals surface area contributed by atoms with Gasteiger partial charge in [0.2, 0.25) is 0 Å². The molecule has 0 atom stereocenters. The summed E-state index contributed by atoms with van der Waals surface area (Å²) in [4.78, 5) is 22.5. The second kappa shape index (κ2) is 14.5. The second-order valence-corrected chi connectivity index (χ2v) is 8.93. The lowest BCUT2D eigenvalue weighted by atomic mass is 10.0. The van der Waals surface area contributed by atoms with Crippen molar-refractivity contribution in [2.75, 3.05) is 27.2 Å². The fraction of sp³-hybridized carbons (Fsp3) is 0.379. The Morgan fingerprint density at radius 3 is 2.06 bits per heavy atom. The monoisotopic (exact) mass is 477 g/mol. The molecule has 2 aromatic carbocycles. The number of carbonyl (C=O) groups is 1. The van der Waals surface area contributed by atoms with E-state index < -0.39 is 0 Å². The van der Waals surface area contributed by atoms with Crippen molar-refractivity contribution >= 4 is 23.3 Å². The predicted octanol–water partition coefficient (Wildman–Crippen LogP) is 7.24. The Morgan fingerprint density at radius 1 is 0.941 bits per heavy atom. The number of thiazole rings is 1. The number of benzene rings is 2. The summed E-state index contributed by atoms with van der Waals surface area (Å²) >= 11 is 1.53. The van der Waals surface area contributed by atoms with E-state index in [9.17, 15) is 4.79 Å². The molecule has 0 aliphatic carbocycles. The highest BCUT2D eigenvalue weighted by Gasteiger charge is 2.22. The Balaban J connectivity index is 0.000000970. The molecular formula is C29H39N3OS. The van der Waals surface area contributed by atoms with Gasteiger partial charge in [-0.25, -0.2) is 4.98 Å². The van der Waals surface area contributed by atoms with Crippen LogP contribution in [0.15, 0.2) is 66.2 Å². The SMILES string of the molecule is CC.CC.CN(C)C(=O)c1nc(-c2ccccc2)c(CN2CCC(=Cc3ccccc3)CC2)s1. The number of nitrogens with zero attached hydrogens (tertiary/aromatic N) is 3. The summed E-state index contributed by atoms with van der Waals surface area (Å²) in [7, 11) is 3.55. The van der Waals surface area contributed by atoms with Gasteiger partial charge in [0.15, 0.2) is 5.01 Å². The van der Waals surface area contributed by atoms with E-state index in [4.69, 9.17) is 4.98 Å². The van der Waals surface area contributed by atoms with E-state index in [0.29, 0.717) is 5.01 Å². The Bertz CT molecular complexity index is 1020. The minimum Gasteiger partial charge on any atom is -0.343 e. The average Bonchev–Trinajstić information content (AvgIpc) is 3.32. The van der Waals surface area contributed by atoms with Gasteiger partial charge in [0, 0.05) is 44.2 Å². The summed E-state index contributed by atoms with van der Waals surface area (Å²) < 4.78 is 0. The first kappa shape index (κ1) is 27.5. The smallest absolute Gasteiger partial charge is 0.282 e. The Labute approximate surface area is 210 Å². The first-order valence-electron chi connectivity index (χ1n) is 12.3. The molecule has 1 aliphatic heterocycles. The third-order valence-corrected chi connectivity index (χ3v) is 6.40. The van der Waals surface area contributed by atoms with Crippen molar-refractivity contribution < 1.29 is 4.79 Å². The largest absolute Gasteiger partial charge is 0.343 e. The van der Waals surface area contributed by atoms with Gasteiger partial charge in [0.05, 0.1) is 5.69 Å². The first-order valence-corrected chi connectivity index (χ1v) is 13.2. The quantitative estimate of drug-likeness (QED) is 0.388. The van der Waals surface area contributed by atoms with Crippen LogP contribution in [-0.4, -0.2) is 47.9 Å². The van der Waals surface area contributed by atoms with Gasteiger partial charge >= 0.3 is 0 Å². The van der Waals surface area contributed by atoms with Crippen molar-refractivity contribution in [2.45, 2.75) is 47.1 Å². The molecule has 1 saturated heterocycles. The van der Waals surface area contributed by atoms with Crippen LogP contribution in [0.4, 0.5) is 0 Å². The third kappa shape index (κ3) is 7.64. The van der Waals surface area contributed by atoms with Gasteiger partial charge in [0.1, 0.15) is 0 Å². The molecule has 4 nitrogen and oxygen atoms in total. The molecule has 182 valence electrons. The summed E-state index contributed by atoms with van der Waals surface area (Å²) in [5.74, 6) is -0.0323. The second-order valence-electron chi connectivity index (χ2n) is 7.85. The maximum absolute atomic E-state index is 12.5. The molecule has 0 saturated carbocycles. The van der Waals surface area contributed by atoms with Crippen LogP contribution in [0, 0.1) is 0 Å². The van der Waals surface area contributed by atoms with Crippen LogP contribution in [0.5, 0.6) is 0 Å². The van der Waals surface area contributed by atoms with Crippen molar-refractivity contribution in [3.63, 3.8) is 0 Å². The van der Waals surface area contributed by atoms with Crippen LogP contribution in [0.2, 0.25) is 0 Å². The molecule has 3 aromatic rings. The molecule has 0 radical (unpaired) electrons. The van der Waals surface area contributed by atoms with Gasteiger partial charge < -0.3 is 4.90 Å². The number of piperidine rings is 1. The Morgan fingerprint density at radius 2 is 1.50 bits per heavy atom. The van der Waals surface area contributed by atoms with E-state index in [-0.39, 0.29) is 5.91 Å². The fourth-order valence-corrected chi connectivity index (χ4v) is 4.84. The molecule has 5 heteroatoms. The van der Waals surface area contributed by atoms with Crippen LogP contribution >= 0.6 is 11.3 Å². The molecule has 0 unspecified atom stereocenters. The Hall–Kier alpha value is -2.76.